The molecule has 3 aromatic rings. The largest absolute Gasteiger partial charge is 0.339 e. The Morgan fingerprint density at radius 1 is 1.03 bits per heavy atom. The zero-order chi connectivity index (χ0) is 20.8. The highest BCUT2D eigenvalue weighted by atomic mass is 16.5. The van der Waals surface area contributed by atoms with E-state index in [1.807, 2.05) is 11.0 Å². The van der Waals surface area contributed by atoms with Crippen molar-refractivity contribution in [1.82, 2.24) is 15.1 Å². The van der Waals surface area contributed by atoms with E-state index in [1.165, 1.54) is 24.0 Å². The number of amides is 1. The van der Waals surface area contributed by atoms with E-state index in [1.54, 1.807) is 0 Å². The van der Waals surface area contributed by atoms with Crippen LogP contribution in [0.15, 0.2) is 28.8 Å². The van der Waals surface area contributed by atoms with Gasteiger partial charge in [0.25, 0.3) is 0 Å². The van der Waals surface area contributed by atoms with Crippen molar-refractivity contribution in [2.45, 2.75) is 58.8 Å². The first-order chi connectivity index (χ1) is 14.5. The lowest BCUT2D eigenvalue weighted by atomic mass is 9.96. The molecule has 1 aliphatic heterocycles. The summed E-state index contributed by atoms with van der Waals surface area (Å²) in [7, 11) is 0. The van der Waals surface area contributed by atoms with Crippen LogP contribution in [0.4, 0.5) is 5.69 Å². The van der Waals surface area contributed by atoms with Crippen molar-refractivity contribution in [1.29, 1.82) is 0 Å². The van der Waals surface area contributed by atoms with E-state index in [9.17, 15) is 4.79 Å². The number of fused-ring (bicyclic) bond motifs is 1. The van der Waals surface area contributed by atoms with E-state index in [0.717, 1.165) is 41.0 Å². The van der Waals surface area contributed by atoms with Gasteiger partial charge in [0.05, 0.1) is 5.92 Å². The van der Waals surface area contributed by atoms with Gasteiger partial charge in [0, 0.05) is 24.3 Å². The molecule has 5 rings (SSSR count). The van der Waals surface area contributed by atoms with Gasteiger partial charge in [-0.2, -0.15) is 4.98 Å². The number of nitrogens with zero attached hydrogens (tertiary/aromatic N) is 4. The molecule has 2 aliphatic rings. The van der Waals surface area contributed by atoms with Gasteiger partial charge in [-0.3, -0.25) is 4.79 Å². The second-order valence-electron chi connectivity index (χ2n) is 8.62. The first-order valence-electron chi connectivity index (χ1n) is 10.7. The Morgan fingerprint density at radius 2 is 1.80 bits per heavy atom. The quantitative estimate of drug-likeness (QED) is 0.647. The second-order valence-corrected chi connectivity index (χ2v) is 8.62. The maximum atomic E-state index is 12.8. The molecule has 1 fully saturated rings. The third-order valence-corrected chi connectivity index (χ3v) is 6.23. The fourth-order valence-electron chi connectivity index (χ4n) is 4.90. The number of benzene rings is 1. The Hall–Kier alpha value is -3.02. The lowest BCUT2D eigenvalue weighted by Crippen LogP contribution is -2.26. The van der Waals surface area contributed by atoms with Crippen molar-refractivity contribution in [3.8, 4) is 11.5 Å². The van der Waals surface area contributed by atoms with Crippen LogP contribution in [0.2, 0.25) is 0 Å². The predicted octanol–water partition coefficient (Wildman–Crippen LogP) is 4.46. The zero-order valence-electron chi connectivity index (χ0n) is 17.7. The molecule has 1 atom stereocenters. The third kappa shape index (κ3) is 3.30. The highest BCUT2D eigenvalue weighted by Gasteiger charge is 2.36. The van der Waals surface area contributed by atoms with Gasteiger partial charge in [-0.1, -0.05) is 28.9 Å². The standard InChI is InChI=1S/C24H26N4O2/c1-14-10-15(2)22(16(3)11-14)28-13-18(12-21(28)29)24-26-23(27-30-24)20-9-8-17-6-4-5-7-19(17)25-20/h8-11,18H,4-7,12-13H2,1-3H3. The van der Waals surface area contributed by atoms with Crippen LogP contribution in [-0.4, -0.2) is 27.6 Å². The van der Waals surface area contributed by atoms with Gasteiger partial charge in [0.15, 0.2) is 0 Å². The average molecular weight is 402 g/mol. The first-order valence-corrected chi connectivity index (χ1v) is 10.7. The van der Waals surface area contributed by atoms with Crippen molar-refractivity contribution in [2.75, 3.05) is 11.4 Å². The number of aryl methyl sites for hydroxylation is 5. The normalized spacial score (nSPS) is 18.7. The number of hydrogen-bond donors (Lipinski definition) is 0. The molecule has 0 radical (unpaired) electrons. The van der Waals surface area contributed by atoms with Crippen LogP contribution in [0.3, 0.4) is 0 Å². The molecule has 30 heavy (non-hydrogen) atoms. The summed E-state index contributed by atoms with van der Waals surface area (Å²) in [5.74, 6) is 1.02. The number of anilines is 1. The van der Waals surface area contributed by atoms with Crippen LogP contribution in [-0.2, 0) is 17.6 Å². The Morgan fingerprint density at radius 3 is 2.60 bits per heavy atom. The molecule has 6 nitrogen and oxygen atoms in total. The third-order valence-electron chi connectivity index (χ3n) is 6.23. The number of hydrogen-bond acceptors (Lipinski definition) is 5. The molecule has 1 aromatic carbocycles. The number of carbonyl (C=O) groups is 1. The van der Waals surface area contributed by atoms with Crippen LogP contribution in [0.25, 0.3) is 11.5 Å². The Kier molecular flexibility index (Phi) is 4.65. The van der Waals surface area contributed by atoms with Crippen molar-refractivity contribution in [2.24, 2.45) is 0 Å². The van der Waals surface area contributed by atoms with E-state index in [0.29, 0.717) is 24.7 Å². The van der Waals surface area contributed by atoms with E-state index in [2.05, 4.69) is 49.1 Å². The fraction of sp³-hybridized carbons (Fsp3) is 0.417. The molecule has 0 saturated carbocycles. The molecule has 0 bridgehead atoms. The van der Waals surface area contributed by atoms with Gasteiger partial charge in [0.1, 0.15) is 5.69 Å². The van der Waals surface area contributed by atoms with Crippen molar-refractivity contribution < 1.29 is 9.32 Å². The zero-order valence-corrected chi connectivity index (χ0v) is 17.7. The number of rotatable bonds is 3. The molecule has 1 aliphatic carbocycles. The number of carbonyl (C=O) groups excluding carboxylic acids is 1. The van der Waals surface area contributed by atoms with Crippen LogP contribution < -0.4 is 4.90 Å². The van der Waals surface area contributed by atoms with Gasteiger partial charge in [0.2, 0.25) is 17.6 Å². The SMILES string of the molecule is Cc1cc(C)c(N2CC(c3nc(-c4ccc5c(n4)CCCC5)no3)CC2=O)c(C)c1. The van der Waals surface area contributed by atoms with Crippen molar-refractivity contribution >= 4 is 11.6 Å². The van der Waals surface area contributed by atoms with Gasteiger partial charge in [-0.25, -0.2) is 4.98 Å². The molecule has 3 heterocycles. The lowest BCUT2D eigenvalue weighted by Gasteiger charge is -2.21. The molecule has 1 unspecified atom stereocenters. The predicted molar refractivity (Wildman–Crippen MR) is 115 cm³/mol. The first kappa shape index (κ1) is 19.0. The monoisotopic (exact) mass is 402 g/mol. The van der Waals surface area contributed by atoms with Gasteiger partial charge in [-0.05, 0) is 69.2 Å². The molecule has 6 heteroatoms. The minimum absolute atomic E-state index is 0.0988. The van der Waals surface area contributed by atoms with E-state index >= 15 is 0 Å². The Balaban J connectivity index is 1.39. The number of aromatic nitrogens is 3. The van der Waals surface area contributed by atoms with Gasteiger partial charge < -0.3 is 9.42 Å². The van der Waals surface area contributed by atoms with Crippen LogP contribution in [0.1, 0.15) is 59.0 Å². The minimum Gasteiger partial charge on any atom is -0.339 e. The summed E-state index contributed by atoms with van der Waals surface area (Å²) < 4.78 is 5.58. The van der Waals surface area contributed by atoms with Crippen LogP contribution >= 0.6 is 0 Å². The molecule has 0 spiro atoms. The molecule has 2 aromatic heterocycles. The second kappa shape index (κ2) is 7.35. The maximum absolute atomic E-state index is 12.8. The van der Waals surface area contributed by atoms with Gasteiger partial charge in [-0.15, -0.1) is 0 Å². The smallest absolute Gasteiger partial charge is 0.232 e. The van der Waals surface area contributed by atoms with Crippen LogP contribution in [0.5, 0.6) is 0 Å². The summed E-state index contributed by atoms with van der Waals surface area (Å²) in [6.45, 7) is 6.75. The molecule has 1 saturated heterocycles. The summed E-state index contributed by atoms with van der Waals surface area (Å²) in [6, 6.07) is 8.35. The highest BCUT2D eigenvalue weighted by Crippen LogP contribution is 2.35. The minimum atomic E-state index is -0.100. The molecule has 0 N–H and O–H groups in total. The van der Waals surface area contributed by atoms with Crippen LogP contribution in [0, 0.1) is 20.8 Å². The van der Waals surface area contributed by atoms with Crippen molar-refractivity contribution in [3.05, 3.63) is 58.1 Å². The lowest BCUT2D eigenvalue weighted by molar-refractivity contribution is -0.117. The van der Waals surface area contributed by atoms with Gasteiger partial charge >= 0.3 is 0 Å². The Labute approximate surface area is 176 Å². The summed E-state index contributed by atoms with van der Waals surface area (Å²) >= 11 is 0. The summed E-state index contributed by atoms with van der Waals surface area (Å²) in [5.41, 5.74) is 7.67. The van der Waals surface area contributed by atoms with E-state index < -0.39 is 0 Å². The average Bonchev–Trinajstić information content (AvgIpc) is 3.34. The van der Waals surface area contributed by atoms with E-state index in [4.69, 9.17) is 9.51 Å². The summed E-state index contributed by atoms with van der Waals surface area (Å²) in [5, 5.41) is 4.17. The fourth-order valence-corrected chi connectivity index (χ4v) is 4.90. The molecular formula is C24H26N4O2. The van der Waals surface area contributed by atoms with Crippen molar-refractivity contribution in [3.63, 3.8) is 0 Å². The van der Waals surface area contributed by atoms with E-state index in [-0.39, 0.29) is 11.8 Å². The summed E-state index contributed by atoms with van der Waals surface area (Å²) in [6.07, 6.45) is 4.89. The Bertz CT molecular complexity index is 1110. The highest BCUT2D eigenvalue weighted by molar-refractivity contribution is 5.97. The topological polar surface area (TPSA) is 72.1 Å². The summed E-state index contributed by atoms with van der Waals surface area (Å²) in [4.78, 5) is 24.1. The maximum Gasteiger partial charge on any atom is 0.232 e. The number of pyridine rings is 1. The molecule has 1 amide bonds. The molecular weight excluding hydrogens is 376 g/mol. The molecule has 154 valence electrons.